The summed E-state index contributed by atoms with van der Waals surface area (Å²) in [6, 6.07) is 0. The Labute approximate surface area is 129 Å². The van der Waals surface area contributed by atoms with E-state index in [0.717, 1.165) is 23.2 Å². The number of sulfone groups is 1. The third-order valence-corrected chi connectivity index (χ3v) is 5.09. The van der Waals surface area contributed by atoms with Crippen molar-refractivity contribution in [3.63, 3.8) is 0 Å². The fraction of sp³-hybridized carbons (Fsp3) is 0.462. The van der Waals surface area contributed by atoms with Gasteiger partial charge in [-0.05, 0) is 13.8 Å². The predicted molar refractivity (Wildman–Crippen MR) is 87.8 cm³/mol. The summed E-state index contributed by atoms with van der Waals surface area (Å²) >= 11 is 1.07. The number of carbonyl (C=O) groups is 1. The second-order valence-corrected chi connectivity index (χ2v) is 8.11. The first-order valence-corrected chi connectivity index (χ1v) is 8.97. The van der Waals surface area contributed by atoms with Crippen LogP contribution in [0.1, 0.15) is 23.5 Å². The lowest BCUT2D eigenvalue weighted by Crippen LogP contribution is -2.21. The minimum Gasteiger partial charge on any atom is -0.396 e. The maximum atomic E-state index is 12.1. The number of amides is 1. The number of nitrogen functional groups attached to an aromatic ring is 1. The molecule has 1 aromatic heterocycles. The molecular weight excluding hydrogens is 310 g/mol. The van der Waals surface area contributed by atoms with Gasteiger partial charge in [-0.15, -0.1) is 11.3 Å². The summed E-state index contributed by atoms with van der Waals surface area (Å²) in [6.07, 6.45) is 3.01. The highest BCUT2D eigenvalue weighted by molar-refractivity contribution is 7.91. The van der Waals surface area contributed by atoms with Gasteiger partial charge in [0.15, 0.2) is 9.84 Å². The van der Waals surface area contributed by atoms with E-state index < -0.39 is 9.84 Å². The molecule has 3 N–H and O–H groups in total. The van der Waals surface area contributed by atoms with E-state index in [0.29, 0.717) is 11.5 Å². The third kappa shape index (κ3) is 4.21. The number of nitrogens with zero attached hydrogens (tertiary/aromatic N) is 1. The smallest absolute Gasteiger partial charge is 0.265 e. The Bertz CT molecular complexity index is 669. The predicted octanol–water partition coefficient (Wildman–Crippen LogP) is 1.81. The molecule has 0 saturated carbocycles. The van der Waals surface area contributed by atoms with Crippen LogP contribution in [-0.2, 0) is 9.84 Å². The highest BCUT2D eigenvalue weighted by atomic mass is 32.2. The number of anilines is 2. The summed E-state index contributed by atoms with van der Waals surface area (Å²) in [6.45, 7) is 4.37. The molecule has 0 saturated heterocycles. The largest absolute Gasteiger partial charge is 0.396 e. The molecule has 0 unspecified atom stereocenters. The molecule has 1 aromatic rings. The number of nitrogens with two attached hydrogens (primary N) is 1. The summed E-state index contributed by atoms with van der Waals surface area (Å²) in [5.41, 5.74) is 7.01. The molecular formula is C13H21N3O3S2. The van der Waals surface area contributed by atoms with Gasteiger partial charge in [-0.25, -0.2) is 8.42 Å². The fourth-order valence-corrected chi connectivity index (χ4v) is 4.22. The van der Waals surface area contributed by atoms with Gasteiger partial charge in [-0.2, -0.15) is 0 Å². The molecule has 0 aliphatic rings. The number of rotatable bonds is 5. The highest BCUT2D eigenvalue weighted by Crippen LogP contribution is 2.39. The monoisotopic (exact) mass is 331 g/mol. The first kappa shape index (κ1) is 17.5. The molecule has 1 heterocycles. The van der Waals surface area contributed by atoms with Gasteiger partial charge in [-0.3, -0.25) is 4.79 Å². The third-order valence-electron chi connectivity index (χ3n) is 2.64. The summed E-state index contributed by atoms with van der Waals surface area (Å²) in [5, 5.41) is 3.42. The van der Waals surface area contributed by atoms with Crippen molar-refractivity contribution in [2.24, 2.45) is 0 Å². The van der Waals surface area contributed by atoms with Crippen LogP contribution in [0.25, 0.3) is 0 Å². The van der Waals surface area contributed by atoms with Crippen molar-refractivity contribution in [1.29, 1.82) is 0 Å². The first-order valence-electron chi connectivity index (χ1n) is 6.27. The zero-order chi connectivity index (χ0) is 16.4. The Morgan fingerprint density at radius 1 is 1.38 bits per heavy atom. The van der Waals surface area contributed by atoms with Crippen LogP contribution < -0.4 is 11.1 Å². The van der Waals surface area contributed by atoms with Crippen molar-refractivity contribution in [3.8, 4) is 0 Å². The van der Waals surface area contributed by atoms with E-state index in [2.05, 4.69) is 5.32 Å². The van der Waals surface area contributed by atoms with Crippen molar-refractivity contribution in [3.05, 3.63) is 16.5 Å². The molecule has 0 radical (unpaired) electrons. The molecule has 0 fully saturated rings. The lowest BCUT2D eigenvalue weighted by molar-refractivity contribution is 0.0833. The normalized spacial score (nSPS) is 11.1. The Balaban J connectivity index is 3.32. The molecule has 1 amide bonds. The van der Waals surface area contributed by atoms with Gasteiger partial charge in [0.05, 0.1) is 5.69 Å². The van der Waals surface area contributed by atoms with Crippen molar-refractivity contribution in [1.82, 2.24) is 4.90 Å². The number of nitrogens with one attached hydrogen (secondary N) is 1. The molecule has 0 bridgehead atoms. The topological polar surface area (TPSA) is 92.5 Å². The second-order valence-electron chi connectivity index (χ2n) is 5.14. The van der Waals surface area contributed by atoms with E-state index in [-0.39, 0.29) is 21.4 Å². The summed E-state index contributed by atoms with van der Waals surface area (Å²) in [5.74, 6) is -0.308. The Kier molecular flexibility index (Phi) is 5.41. The van der Waals surface area contributed by atoms with Crippen LogP contribution in [0, 0.1) is 0 Å². The van der Waals surface area contributed by atoms with Crippen molar-refractivity contribution >= 4 is 37.8 Å². The Morgan fingerprint density at radius 3 is 2.38 bits per heavy atom. The average molecular weight is 331 g/mol. The van der Waals surface area contributed by atoms with E-state index in [1.54, 1.807) is 14.1 Å². The molecule has 118 valence electrons. The van der Waals surface area contributed by atoms with E-state index in [1.807, 2.05) is 19.9 Å². The molecule has 0 atom stereocenters. The molecule has 6 nitrogen and oxygen atoms in total. The molecule has 0 spiro atoms. The van der Waals surface area contributed by atoms with E-state index in [9.17, 15) is 13.2 Å². The number of allylic oxidation sites excluding steroid dienone is 1. The number of carbonyl (C=O) groups excluding carboxylic acids is 1. The standard InChI is InChI=1S/C13H21N3O3S2/c1-8(2)6-7-15-12-11(21(5,18)19)9(14)10(20-12)13(17)16(3)4/h6,15H,7,14H2,1-5H3. The maximum Gasteiger partial charge on any atom is 0.265 e. The minimum absolute atomic E-state index is 0.000133. The molecule has 21 heavy (non-hydrogen) atoms. The zero-order valence-electron chi connectivity index (χ0n) is 12.9. The summed E-state index contributed by atoms with van der Waals surface area (Å²) < 4.78 is 23.8. The Morgan fingerprint density at radius 2 is 1.95 bits per heavy atom. The van der Waals surface area contributed by atoms with Crippen LogP contribution >= 0.6 is 11.3 Å². The summed E-state index contributed by atoms with van der Waals surface area (Å²) in [7, 11) is -0.331. The van der Waals surface area contributed by atoms with Crippen LogP contribution in [-0.4, -0.2) is 46.1 Å². The van der Waals surface area contributed by atoms with Gasteiger partial charge < -0.3 is 16.0 Å². The van der Waals surface area contributed by atoms with Gasteiger partial charge in [0.2, 0.25) is 0 Å². The van der Waals surface area contributed by atoms with Gasteiger partial charge in [0.1, 0.15) is 14.8 Å². The summed E-state index contributed by atoms with van der Waals surface area (Å²) in [4.78, 5) is 13.7. The minimum atomic E-state index is -3.52. The van der Waals surface area contributed by atoms with Crippen molar-refractivity contribution < 1.29 is 13.2 Å². The van der Waals surface area contributed by atoms with Gasteiger partial charge in [0.25, 0.3) is 5.91 Å². The molecule has 8 heteroatoms. The van der Waals surface area contributed by atoms with E-state index in [1.165, 1.54) is 4.90 Å². The average Bonchev–Trinajstić information content (AvgIpc) is 2.64. The second kappa shape index (κ2) is 6.48. The SMILES string of the molecule is CC(C)=CCNc1sc(C(=O)N(C)C)c(N)c1S(C)(=O)=O. The fourth-order valence-electron chi connectivity index (χ4n) is 1.62. The van der Waals surface area contributed by atoms with Gasteiger partial charge in [0, 0.05) is 26.9 Å². The van der Waals surface area contributed by atoms with Crippen LogP contribution in [0.15, 0.2) is 16.5 Å². The first-order chi connectivity index (χ1) is 9.55. The van der Waals surface area contributed by atoms with E-state index in [4.69, 9.17) is 5.73 Å². The molecule has 0 aromatic carbocycles. The molecule has 0 aliphatic carbocycles. The van der Waals surface area contributed by atoms with E-state index >= 15 is 0 Å². The molecule has 1 rings (SSSR count). The van der Waals surface area contributed by atoms with Gasteiger partial charge >= 0.3 is 0 Å². The quantitative estimate of drug-likeness (QED) is 0.803. The van der Waals surface area contributed by atoms with Crippen LogP contribution in [0.5, 0.6) is 0 Å². The maximum absolute atomic E-state index is 12.1. The van der Waals surface area contributed by atoms with Crippen LogP contribution in [0.2, 0.25) is 0 Å². The lowest BCUT2D eigenvalue weighted by atomic mass is 10.3. The lowest BCUT2D eigenvalue weighted by Gasteiger charge is -2.08. The Hall–Kier alpha value is -1.54. The number of thiophene rings is 1. The van der Waals surface area contributed by atoms with Crippen LogP contribution in [0.3, 0.4) is 0 Å². The van der Waals surface area contributed by atoms with Gasteiger partial charge in [-0.1, -0.05) is 11.6 Å². The molecule has 0 aliphatic heterocycles. The zero-order valence-corrected chi connectivity index (χ0v) is 14.5. The van der Waals surface area contributed by atoms with Crippen LogP contribution in [0.4, 0.5) is 10.7 Å². The van der Waals surface area contributed by atoms with Crippen molar-refractivity contribution in [2.75, 3.05) is 37.9 Å². The van der Waals surface area contributed by atoms with Crippen molar-refractivity contribution in [2.45, 2.75) is 18.7 Å². The highest BCUT2D eigenvalue weighted by Gasteiger charge is 2.27. The number of hydrogen-bond donors (Lipinski definition) is 2. The number of hydrogen-bond acceptors (Lipinski definition) is 6.